The van der Waals surface area contributed by atoms with Crippen LogP contribution in [-0.2, 0) is 4.79 Å². The normalized spacial score (nSPS) is 13.9. The number of thiazole rings is 1. The topological polar surface area (TPSA) is 90.4 Å². The zero-order chi connectivity index (χ0) is 22.5. The Kier molecular flexibility index (Phi) is 6.80. The molecule has 1 fully saturated rings. The van der Waals surface area contributed by atoms with Crippen molar-refractivity contribution < 1.29 is 19.1 Å². The molecule has 0 bridgehead atoms. The van der Waals surface area contributed by atoms with Crippen molar-refractivity contribution in [3.8, 4) is 28.0 Å². The first-order chi connectivity index (χ1) is 15.5. The maximum atomic E-state index is 12.4. The van der Waals surface area contributed by atoms with E-state index in [-0.39, 0.29) is 24.2 Å². The minimum atomic E-state index is -0.221. The Morgan fingerprint density at radius 2 is 1.97 bits per heavy atom. The van der Waals surface area contributed by atoms with E-state index in [2.05, 4.69) is 15.3 Å². The van der Waals surface area contributed by atoms with E-state index in [0.717, 1.165) is 17.9 Å². The number of hydrogen-bond donors (Lipinski definition) is 1. The van der Waals surface area contributed by atoms with Gasteiger partial charge < -0.3 is 14.8 Å². The quantitative estimate of drug-likeness (QED) is 0.442. The summed E-state index contributed by atoms with van der Waals surface area (Å²) in [5.41, 5.74) is 0.804. The highest BCUT2D eigenvalue weighted by Crippen LogP contribution is 2.31. The van der Waals surface area contributed by atoms with Crippen LogP contribution in [-0.4, -0.2) is 34.3 Å². The van der Waals surface area contributed by atoms with Gasteiger partial charge in [0.05, 0.1) is 11.5 Å². The predicted molar refractivity (Wildman–Crippen MR) is 122 cm³/mol. The second-order valence-electron chi connectivity index (χ2n) is 7.97. The molecule has 1 aromatic carbocycles. The standard InChI is InChI=1S/C24H25N3O4S/c1-15(27-16(2)28)10-21(29)22-13-26-24(32-22)18-8-9-23(25-12-18)31-20-5-3-4-19(11-20)30-14-17-6-7-17/h3-5,8-9,11-13,15,17H,6-7,10,14H2,1-2H3,(H,27,28). The molecule has 1 saturated carbocycles. The Bertz CT molecular complexity index is 1090. The van der Waals surface area contributed by atoms with E-state index >= 15 is 0 Å². The van der Waals surface area contributed by atoms with Gasteiger partial charge in [-0.1, -0.05) is 6.07 Å². The molecule has 0 radical (unpaired) electrons. The average Bonchev–Trinajstić information content (AvgIpc) is 3.46. The van der Waals surface area contributed by atoms with Gasteiger partial charge in [0, 0.05) is 49.5 Å². The Hall–Kier alpha value is -3.26. The number of aromatic nitrogens is 2. The molecule has 2 heterocycles. The van der Waals surface area contributed by atoms with E-state index in [1.54, 1.807) is 25.4 Å². The molecule has 0 saturated heterocycles. The van der Waals surface area contributed by atoms with Crippen molar-refractivity contribution in [3.05, 3.63) is 53.7 Å². The van der Waals surface area contributed by atoms with E-state index in [9.17, 15) is 9.59 Å². The number of nitrogens with one attached hydrogen (secondary N) is 1. The van der Waals surface area contributed by atoms with Gasteiger partial charge >= 0.3 is 0 Å². The van der Waals surface area contributed by atoms with Crippen LogP contribution in [0.4, 0.5) is 0 Å². The lowest BCUT2D eigenvalue weighted by atomic mass is 10.1. The summed E-state index contributed by atoms with van der Waals surface area (Å²) >= 11 is 1.31. The van der Waals surface area contributed by atoms with E-state index in [0.29, 0.717) is 27.4 Å². The molecule has 1 atom stereocenters. The summed E-state index contributed by atoms with van der Waals surface area (Å²) in [4.78, 5) is 32.8. The number of rotatable bonds is 10. The molecule has 2 aromatic heterocycles. The molecule has 1 N–H and O–H groups in total. The third-order valence-electron chi connectivity index (χ3n) is 4.92. The Labute approximate surface area is 190 Å². The smallest absolute Gasteiger partial charge is 0.219 e. The lowest BCUT2D eigenvalue weighted by molar-refractivity contribution is -0.119. The SMILES string of the molecule is CC(=O)NC(C)CC(=O)c1cnc(-c2ccc(Oc3cccc(OCC4CC4)c3)nc2)s1. The van der Waals surface area contributed by atoms with Gasteiger partial charge in [-0.2, -0.15) is 0 Å². The Balaban J connectivity index is 1.36. The number of nitrogens with zero attached hydrogens (tertiary/aromatic N) is 2. The number of ether oxygens (including phenoxy) is 2. The van der Waals surface area contributed by atoms with E-state index in [1.807, 2.05) is 30.3 Å². The van der Waals surface area contributed by atoms with Gasteiger partial charge in [-0.25, -0.2) is 9.97 Å². The van der Waals surface area contributed by atoms with Crippen molar-refractivity contribution >= 4 is 23.0 Å². The van der Waals surface area contributed by atoms with Gasteiger partial charge in [-0.15, -0.1) is 11.3 Å². The molecule has 1 amide bonds. The fourth-order valence-corrected chi connectivity index (χ4v) is 3.98. The van der Waals surface area contributed by atoms with Crippen molar-refractivity contribution in [2.75, 3.05) is 6.61 Å². The third kappa shape index (κ3) is 6.13. The number of Topliss-reactive ketones (excluding diaryl/α,β-unsaturated/α-hetero) is 1. The van der Waals surface area contributed by atoms with Gasteiger partial charge in [0.1, 0.15) is 16.5 Å². The lowest BCUT2D eigenvalue weighted by Crippen LogP contribution is -2.32. The summed E-state index contributed by atoms with van der Waals surface area (Å²) in [6.45, 7) is 3.99. The monoisotopic (exact) mass is 451 g/mol. The molecule has 4 rings (SSSR count). The molecule has 32 heavy (non-hydrogen) atoms. The Morgan fingerprint density at radius 3 is 2.69 bits per heavy atom. The molecule has 0 aliphatic heterocycles. The molecule has 3 aromatic rings. The first-order valence-electron chi connectivity index (χ1n) is 10.6. The molecular formula is C24H25N3O4S. The number of pyridine rings is 1. The molecule has 7 nitrogen and oxygen atoms in total. The number of amides is 1. The zero-order valence-corrected chi connectivity index (χ0v) is 18.9. The van der Waals surface area contributed by atoms with Crippen LogP contribution in [0.15, 0.2) is 48.8 Å². The molecule has 166 valence electrons. The number of carbonyl (C=O) groups excluding carboxylic acids is 2. The van der Waals surface area contributed by atoms with E-state index < -0.39 is 0 Å². The zero-order valence-electron chi connectivity index (χ0n) is 18.0. The van der Waals surface area contributed by atoms with Crippen molar-refractivity contribution in [3.63, 3.8) is 0 Å². The van der Waals surface area contributed by atoms with Crippen molar-refractivity contribution in [1.82, 2.24) is 15.3 Å². The number of hydrogen-bond acceptors (Lipinski definition) is 7. The summed E-state index contributed by atoms with van der Waals surface area (Å²) in [7, 11) is 0. The summed E-state index contributed by atoms with van der Waals surface area (Å²) in [5.74, 6) is 2.40. The summed E-state index contributed by atoms with van der Waals surface area (Å²) < 4.78 is 11.6. The van der Waals surface area contributed by atoms with E-state index in [4.69, 9.17) is 9.47 Å². The van der Waals surface area contributed by atoms with Crippen LogP contribution in [0.5, 0.6) is 17.4 Å². The second-order valence-corrected chi connectivity index (χ2v) is 9.01. The highest BCUT2D eigenvalue weighted by Gasteiger charge is 2.22. The molecule has 1 aliphatic carbocycles. The molecule has 1 aliphatic rings. The van der Waals surface area contributed by atoms with Gasteiger partial charge in [0.2, 0.25) is 11.8 Å². The third-order valence-corrected chi connectivity index (χ3v) is 6.00. The maximum Gasteiger partial charge on any atom is 0.219 e. The number of carbonyl (C=O) groups is 2. The van der Waals surface area contributed by atoms with Gasteiger partial charge in [0.15, 0.2) is 5.78 Å². The minimum Gasteiger partial charge on any atom is -0.493 e. The van der Waals surface area contributed by atoms with Gasteiger partial charge in [-0.3, -0.25) is 9.59 Å². The average molecular weight is 452 g/mol. The summed E-state index contributed by atoms with van der Waals surface area (Å²) in [5, 5.41) is 3.42. The fraction of sp³-hybridized carbons (Fsp3) is 0.333. The largest absolute Gasteiger partial charge is 0.493 e. The van der Waals surface area contributed by atoms with Crippen molar-refractivity contribution in [1.29, 1.82) is 0 Å². The van der Waals surface area contributed by atoms with Crippen molar-refractivity contribution in [2.24, 2.45) is 5.92 Å². The highest BCUT2D eigenvalue weighted by atomic mass is 32.1. The van der Waals surface area contributed by atoms with Crippen LogP contribution in [0.25, 0.3) is 10.6 Å². The van der Waals surface area contributed by atoms with Crippen LogP contribution >= 0.6 is 11.3 Å². The molecule has 1 unspecified atom stereocenters. The number of benzene rings is 1. The van der Waals surface area contributed by atoms with Crippen LogP contribution in [0.2, 0.25) is 0 Å². The summed E-state index contributed by atoms with van der Waals surface area (Å²) in [6.07, 6.45) is 5.97. The van der Waals surface area contributed by atoms with Crippen LogP contribution < -0.4 is 14.8 Å². The fourth-order valence-electron chi connectivity index (χ4n) is 3.13. The second kappa shape index (κ2) is 9.91. The maximum absolute atomic E-state index is 12.4. The predicted octanol–water partition coefficient (Wildman–Crippen LogP) is 4.88. The number of ketones is 1. The molecule has 0 spiro atoms. The highest BCUT2D eigenvalue weighted by molar-refractivity contribution is 7.16. The minimum absolute atomic E-state index is 0.0494. The summed E-state index contributed by atoms with van der Waals surface area (Å²) in [6, 6.07) is 11.0. The van der Waals surface area contributed by atoms with Crippen LogP contribution in [0.1, 0.15) is 42.8 Å². The van der Waals surface area contributed by atoms with Gasteiger partial charge in [-0.05, 0) is 43.9 Å². The van der Waals surface area contributed by atoms with Crippen molar-refractivity contribution in [2.45, 2.75) is 39.2 Å². The van der Waals surface area contributed by atoms with Crippen LogP contribution in [0, 0.1) is 5.92 Å². The van der Waals surface area contributed by atoms with Gasteiger partial charge in [0.25, 0.3) is 0 Å². The Morgan fingerprint density at radius 1 is 1.16 bits per heavy atom. The lowest BCUT2D eigenvalue weighted by Gasteiger charge is -2.10. The molecular weight excluding hydrogens is 426 g/mol. The first kappa shape index (κ1) is 22.0. The first-order valence-corrected chi connectivity index (χ1v) is 11.4. The molecule has 8 heteroatoms. The van der Waals surface area contributed by atoms with E-state index in [1.165, 1.54) is 31.1 Å². The van der Waals surface area contributed by atoms with Crippen LogP contribution in [0.3, 0.4) is 0 Å².